The maximum Gasteiger partial charge on any atom is 0.318 e. The molecule has 2 aromatic carbocycles. The smallest absolute Gasteiger partial charge is 0.318 e. The van der Waals surface area contributed by atoms with Crippen molar-refractivity contribution in [1.29, 1.82) is 0 Å². The molecule has 0 unspecified atom stereocenters. The van der Waals surface area contributed by atoms with Gasteiger partial charge in [0.2, 0.25) is 5.91 Å². The Balaban J connectivity index is 1.30. The second-order valence-corrected chi connectivity index (χ2v) is 12.2. The summed E-state index contributed by atoms with van der Waals surface area (Å²) in [5.41, 5.74) is 4.24. The van der Waals surface area contributed by atoms with E-state index < -0.39 is 18.6 Å². The Morgan fingerprint density at radius 3 is 2.64 bits per heavy atom. The van der Waals surface area contributed by atoms with Crippen molar-refractivity contribution in [2.24, 2.45) is 0 Å². The number of fused-ring (bicyclic) bond motifs is 2. The van der Waals surface area contributed by atoms with E-state index in [1.54, 1.807) is 16.8 Å². The van der Waals surface area contributed by atoms with Crippen LogP contribution in [0, 0.1) is 6.92 Å². The number of ether oxygens (including phenoxy) is 1. The normalized spacial score (nSPS) is 22.2. The van der Waals surface area contributed by atoms with Crippen LogP contribution in [0.4, 0.5) is 24.7 Å². The van der Waals surface area contributed by atoms with E-state index in [0.29, 0.717) is 26.2 Å². The fourth-order valence-electron chi connectivity index (χ4n) is 6.82. The van der Waals surface area contributed by atoms with Crippen LogP contribution in [0.25, 0.3) is 10.8 Å². The van der Waals surface area contributed by atoms with E-state index in [1.165, 1.54) is 28.5 Å². The van der Waals surface area contributed by atoms with Gasteiger partial charge < -0.3 is 19.4 Å². The molecule has 0 bridgehead atoms. The Bertz CT molecular complexity index is 1560. The van der Waals surface area contributed by atoms with Gasteiger partial charge >= 0.3 is 6.01 Å². The molecule has 0 N–H and O–H groups in total. The molecule has 2 saturated heterocycles. The van der Waals surface area contributed by atoms with Gasteiger partial charge in [0.1, 0.15) is 19.1 Å². The molecule has 0 aliphatic carbocycles. The summed E-state index contributed by atoms with van der Waals surface area (Å²) in [7, 11) is 1.68. The third-order valence-electron chi connectivity index (χ3n) is 9.06. The largest absolute Gasteiger partial charge is 0.462 e. The minimum Gasteiger partial charge on any atom is -0.462 e. The summed E-state index contributed by atoms with van der Waals surface area (Å²) in [5, 5.41) is 2.40. The molecule has 3 aliphatic heterocycles. The lowest BCUT2D eigenvalue weighted by Gasteiger charge is -2.41. The standard InChI is InChI=1S/C33H39F3N6O2/c1-22-7-4-8-24-9-5-10-28(30(22)24)40-14-12-26-27(19-40)37-32(44-20-25-17-33(35,36)21-39(25)3)38-31(26)41-15-16-42(23(2)18-41)29(43)11-6-13-34/h4-11,23,25H,12-21H2,1-3H3/b11-6+/t23-,25-/m0/s1. The first-order valence-electron chi connectivity index (χ1n) is 15.3. The summed E-state index contributed by atoms with van der Waals surface area (Å²) in [4.78, 5) is 30.2. The van der Waals surface area contributed by atoms with Crippen LogP contribution < -0.4 is 14.5 Å². The first kappa shape index (κ1) is 30.2. The molecular weight excluding hydrogens is 569 g/mol. The number of hydrogen-bond donors (Lipinski definition) is 0. The lowest BCUT2D eigenvalue weighted by molar-refractivity contribution is -0.128. The van der Waals surface area contributed by atoms with Crippen LogP contribution in [0.15, 0.2) is 48.6 Å². The summed E-state index contributed by atoms with van der Waals surface area (Å²) < 4.78 is 46.8. The SMILES string of the molecule is Cc1cccc2cccc(N3CCc4c(nc(OC[C@@H]5CC(F)(F)CN5C)nc4N4CCN(C(=O)/C=C/CF)[C@@H](C)C4)C3)c12. The third kappa shape index (κ3) is 6.06. The Morgan fingerprint density at radius 1 is 1.11 bits per heavy atom. The highest BCUT2D eigenvalue weighted by atomic mass is 19.3. The molecule has 0 saturated carbocycles. The zero-order valence-corrected chi connectivity index (χ0v) is 25.5. The molecule has 44 heavy (non-hydrogen) atoms. The van der Waals surface area contributed by atoms with Crippen molar-refractivity contribution in [3.63, 3.8) is 0 Å². The van der Waals surface area contributed by atoms with E-state index in [4.69, 9.17) is 14.7 Å². The molecule has 11 heteroatoms. The zero-order valence-electron chi connectivity index (χ0n) is 25.5. The molecule has 2 atom stereocenters. The highest BCUT2D eigenvalue weighted by Crippen LogP contribution is 2.36. The van der Waals surface area contributed by atoms with Gasteiger partial charge in [-0.1, -0.05) is 30.3 Å². The number of benzene rings is 2. The highest BCUT2D eigenvalue weighted by Gasteiger charge is 2.43. The van der Waals surface area contributed by atoms with Crippen molar-refractivity contribution >= 4 is 28.2 Å². The van der Waals surface area contributed by atoms with E-state index in [-0.39, 0.29) is 37.5 Å². The molecule has 3 aromatic rings. The molecule has 4 heterocycles. The van der Waals surface area contributed by atoms with Gasteiger partial charge in [-0.3, -0.25) is 9.69 Å². The Hall–Kier alpha value is -3.86. The quantitative estimate of drug-likeness (QED) is 0.358. The minimum atomic E-state index is -2.74. The molecule has 3 aliphatic rings. The number of anilines is 2. The van der Waals surface area contributed by atoms with Gasteiger partial charge in [0.25, 0.3) is 5.92 Å². The third-order valence-corrected chi connectivity index (χ3v) is 9.06. The summed E-state index contributed by atoms with van der Waals surface area (Å²) in [6.45, 7) is 6.08. The minimum absolute atomic E-state index is 0.0656. The van der Waals surface area contributed by atoms with Crippen LogP contribution in [0.2, 0.25) is 0 Å². The van der Waals surface area contributed by atoms with Crippen molar-refractivity contribution in [1.82, 2.24) is 19.8 Å². The average Bonchev–Trinajstić information content (AvgIpc) is 3.28. The van der Waals surface area contributed by atoms with E-state index in [9.17, 15) is 18.0 Å². The van der Waals surface area contributed by atoms with Gasteiger partial charge in [-0.2, -0.15) is 9.97 Å². The van der Waals surface area contributed by atoms with Crippen molar-refractivity contribution in [2.45, 2.75) is 51.2 Å². The number of nitrogens with zero attached hydrogens (tertiary/aromatic N) is 6. The Labute approximate surface area is 256 Å². The molecule has 8 nitrogen and oxygen atoms in total. The van der Waals surface area contributed by atoms with Crippen LogP contribution in [0.3, 0.4) is 0 Å². The van der Waals surface area contributed by atoms with E-state index in [0.717, 1.165) is 35.7 Å². The lowest BCUT2D eigenvalue weighted by atomic mass is 9.99. The number of halogens is 3. The number of likely N-dealkylation sites (N-methyl/N-ethyl adjacent to an activating group) is 1. The summed E-state index contributed by atoms with van der Waals surface area (Å²) in [6, 6.07) is 12.3. The molecule has 0 radical (unpaired) electrons. The molecule has 0 spiro atoms. The number of piperazine rings is 1. The number of rotatable bonds is 7. The number of allylic oxidation sites excluding steroid dienone is 1. The van der Waals surface area contributed by atoms with E-state index >= 15 is 0 Å². The first-order chi connectivity index (χ1) is 21.1. The molecule has 234 valence electrons. The molecule has 1 aromatic heterocycles. The Morgan fingerprint density at radius 2 is 1.91 bits per heavy atom. The highest BCUT2D eigenvalue weighted by molar-refractivity contribution is 5.97. The van der Waals surface area contributed by atoms with Crippen LogP contribution in [-0.4, -0.2) is 96.7 Å². The number of aryl methyl sites for hydroxylation is 1. The maximum atomic E-state index is 14.0. The number of carbonyl (C=O) groups excluding carboxylic acids is 1. The molecule has 1 amide bonds. The van der Waals surface area contributed by atoms with Crippen molar-refractivity contribution in [2.75, 3.05) is 62.9 Å². The van der Waals surface area contributed by atoms with Gasteiger partial charge in [0.15, 0.2) is 0 Å². The number of amides is 1. The van der Waals surface area contributed by atoms with Crippen molar-refractivity contribution in [3.8, 4) is 6.01 Å². The van der Waals surface area contributed by atoms with E-state index in [1.807, 2.05) is 6.92 Å². The lowest BCUT2D eigenvalue weighted by Crippen LogP contribution is -2.54. The average molecular weight is 609 g/mol. The number of aromatic nitrogens is 2. The summed E-state index contributed by atoms with van der Waals surface area (Å²) >= 11 is 0. The Kier molecular flexibility index (Phi) is 8.41. The molecule has 6 rings (SSSR count). The topological polar surface area (TPSA) is 65.0 Å². The van der Waals surface area contributed by atoms with Gasteiger partial charge in [0.05, 0.1) is 18.8 Å². The monoisotopic (exact) mass is 608 g/mol. The van der Waals surface area contributed by atoms with Gasteiger partial charge in [0, 0.05) is 67.4 Å². The fourth-order valence-corrected chi connectivity index (χ4v) is 6.82. The molecular formula is C33H39F3N6O2. The van der Waals surface area contributed by atoms with Gasteiger partial charge in [-0.25, -0.2) is 13.2 Å². The summed E-state index contributed by atoms with van der Waals surface area (Å²) in [5.74, 6) is -2.18. The number of likely N-dealkylation sites (tertiary alicyclic amines) is 1. The maximum absolute atomic E-state index is 14.0. The van der Waals surface area contributed by atoms with Gasteiger partial charge in [-0.15, -0.1) is 0 Å². The number of alkyl halides is 3. The predicted octanol–water partition coefficient (Wildman–Crippen LogP) is 4.78. The predicted molar refractivity (Wildman–Crippen MR) is 165 cm³/mol. The van der Waals surface area contributed by atoms with Crippen LogP contribution >= 0.6 is 0 Å². The van der Waals surface area contributed by atoms with Crippen molar-refractivity contribution < 1.29 is 22.7 Å². The fraction of sp³-hybridized carbons (Fsp3) is 0.485. The second-order valence-electron chi connectivity index (χ2n) is 12.2. The van der Waals surface area contributed by atoms with Crippen LogP contribution in [0.5, 0.6) is 6.01 Å². The number of hydrogen-bond acceptors (Lipinski definition) is 7. The number of carbonyl (C=O) groups is 1. The summed E-state index contributed by atoms with van der Waals surface area (Å²) in [6.07, 6.45) is 2.97. The zero-order chi connectivity index (χ0) is 31.0. The van der Waals surface area contributed by atoms with Crippen LogP contribution in [-0.2, 0) is 17.8 Å². The van der Waals surface area contributed by atoms with Gasteiger partial charge in [-0.05, 0) is 50.4 Å². The first-order valence-corrected chi connectivity index (χ1v) is 15.3. The van der Waals surface area contributed by atoms with E-state index in [2.05, 4.69) is 53.1 Å². The van der Waals surface area contributed by atoms with Crippen LogP contribution in [0.1, 0.15) is 30.2 Å². The molecule has 2 fully saturated rings. The van der Waals surface area contributed by atoms with Crippen molar-refractivity contribution in [3.05, 3.63) is 65.4 Å². The second kappa shape index (κ2) is 12.3.